The molecule has 2 rings (SSSR count). The van der Waals surface area contributed by atoms with Crippen molar-refractivity contribution in [1.29, 1.82) is 0 Å². The largest absolute Gasteiger partial charge is 0.341 e. The fourth-order valence-corrected chi connectivity index (χ4v) is 5.09. The lowest BCUT2D eigenvalue weighted by atomic mass is 9.83. The Morgan fingerprint density at radius 1 is 1.40 bits per heavy atom. The lowest BCUT2D eigenvalue weighted by Crippen LogP contribution is -2.46. The topological polar surface area (TPSA) is 66.5 Å². The van der Waals surface area contributed by atoms with Crippen molar-refractivity contribution in [2.45, 2.75) is 39.2 Å². The van der Waals surface area contributed by atoms with Crippen molar-refractivity contribution in [3.63, 3.8) is 0 Å². The number of nitrogens with zero attached hydrogens (tertiary/aromatic N) is 1. The van der Waals surface area contributed by atoms with Crippen LogP contribution in [0, 0.1) is 11.3 Å². The second kappa shape index (κ2) is 5.64. The first-order valence-corrected chi connectivity index (χ1v) is 9.21. The zero-order chi connectivity index (χ0) is 15.0. The van der Waals surface area contributed by atoms with Crippen LogP contribution < -0.4 is 5.32 Å². The van der Waals surface area contributed by atoms with E-state index in [1.807, 2.05) is 11.9 Å². The Morgan fingerprint density at radius 3 is 2.65 bits per heavy atom. The molecule has 0 radical (unpaired) electrons. The second-order valence-electron chi connectivity index (χ2n) is 7.01. The average Bonchev–Trinajstić information content (AvgIpc) is 2.64. The number of likely N-dealkylation sites (tertiary alicyclic amines) is 1. The molecule has 2 aliphatic heterocycles. The number of carbonyl (C=O) groups is 1. The maximum atomic E-state index is 12.5. The van der Waals surface area contributed by atoms with Crippen molar-refractivity contribution < 1.29 is 13.2 Å². The first-order chi connectivity index (χ1) is 9.22. The van der Waals surface area contributed by atoms with E-state index in [9.17, 15) is 13.2 Å². The molecule has 0 saturated carbocycles. The summed E-state index contributed by atoms with van der Waals surface area (Å²) < 4.78 is 23.1. The fraction of sp³-hybridized carbons (Fsp3) is 0.929. The molecule has 116 valence electrons. The highest BCUT2D eigenvalue weighted by Crippen LogP contribution is 2.31. The highest BCUT2D eigenvalue weighted by atomic mass is 32.2. The SMILES string of the molecule is CNC1CC(C)(C)CCN(CC2CCS(=O)(=O)C2)C1=O. The van der Waals surface area contributed by atoms with Crippen LogP contribution in [0.5, 0.6) is 0 Å². The first-order valence-electron chi connectivity index (χ1n) is 7.39. The van der Waals surface area contributed by atoms with Crippen molar-refractivity contribution in [3.05, 3.63) is 0 Å². The molecule has 1 amide bonds. The minimum Gasteiger partial charge on any atom is -0.341 e. The Morgan fingerprint density at radius 2 is 2.10 bits per heavy atom. The van der Waals surface area contributed by atoms with Crippen LogP contribution in [0.4, 0.5) is 0 Å². The van der Waals surface area contributed by atoms with Gasteiger partial charge in [0.2, 0.25) is 5.91 Å². The van der Waals surface area contributed by atoms with Crippen molar-refractivity contribution in [2.24, 2.45) is 11.3 Å². The van der Waals surface area contributed by atoms with Gasteiger partial charge in [0.05, 0.1) is 17.5 Å². The molecular formula is C14H26N2O3S. The average molecular weight is 302 g/mol. The Labute approximate surface area is 122 Å². The summed E-state index contributed by atoms with van der Waals surface area (Å²) in [6, 6.07) is -0.148. The van der Waals surface area contributed by atoms with E-state index in [1.54, 1.807) is 0 Å². The van der Waals surface area contributed by atoms with Gasteiger partial charge in [-0.2, -0.15) is 0 Å². The van der Waals surface area contributed by atoms with Crippen molar-refractivity contribution >= 4 is 15.7 Å². The zero-order valence-electron chi connectivity index (χ0n) is 12.7. The molecule has 2 unspecified atom stereocenters. The third kappa shape index (κ3) is 3.73. The maximum Gasteiger partial charge on any atom is 0.239 e. The van der Waals surface area contributed by atoms with Gasteiger partial charge in [0.1, 0.15) is 0 Å². The predicted octanol–water partition coefficient (Wildman–Crippen LogP) is 0.658. The molecule has 2 atom stereocenters. The Balaban J connectivity index is 2.05. The molecule has 0 bridgehead atoms. The highest BCUT2D eigenvalue weighted by Gasteiger charge is 2.37. The van der Waals surface area contributed by atoms with Crippen LogP contribution in [0.2, 0.25) is 0 Å². The lowest BCUT2D eigenvalue weighted by molar-refractivity contribution is -0.133. The van der Waals surface area contributed by atoms with Gasteiger partial charge in [0.15, 0.2) is 9.84 Å². The molecule has 0 aromatic rings. The Hall–Kier alpha value is -0.620. The molecule has 1 N–H and O–H groups in total. The smallest absolute Gasteiger partial charge is 0.239 e. The van der Waals surface area contributed by atoms with Gasteiger partial charge >= 0.3 is 0 Å². The summed E-state index contributed by atoms with van der Waals surface area (Å²) >= 11 is 0. The van der Waals surface area contributed by atoms with Gasteiger partial charge in [-0.05, 0) is 37.6 Å². The monoisotopic (exact) mass is 302 g/mol. The quantitative estimate of drug-likeness (QED) is 0.831. The standard InChI is InChI=1S/C14H26N2O3S/c1-14(2)5-6-16(13(17)12(8-14)15-3)9-11-4-7-20(18,19)10-11/h11-12,15H,4-10H2,1-3H3. The molecule has 0 aliphatic carbocycles. The summed E-state index contributed by atoms with van der Waals surface area (Å²) in [5.41, 5.74) is 0.139. The van der Waals surface area contributed by atoms with E-state index in [0.717, 1.165) is 19.4 Å². The lowest BCUT2D eigenvalue weighted by Gasteiger charge is -2.26. The van der Waals surface area contributed by atoms with E-state index >= 15 is 0 Å². The summed E-state index contributed by atoms with van der Waals surface area (Å²) in [5.74, 6) is 0.760. The van der Waals surface area contributed by atoms with Gasteiger partial charge in [0, 0.05) is 13.1 Å². The third-order valence-corrected chi connectivity index (χ3v) is 6.42. The van der Waals surface area contributed by atoms with Crippen LogP contribution >= 0.6 is 0 Å². The molecule has 2 heterocycles. The van der Waals surface area contributed by atoms with Crippen LogP contribution in [-0.4, -0.2) is 56.9 Å². The number of hydrogen-bond acceptors (Lipinski definition) is 4. The van der Waals surface area contributed by atoms with Gasteiger partial charge in [-0.25, -0.2) is 8.42 Å². The molecule has 2 fully saturated rings. The molecular weight excluding hydrogens is 276 g/mol. The molecule has 20 heavy (non-hydrogen) atoms. The van der Waals surface area contributed by atoms with Gasteiger partial charge < -0.3 is 10.2 Å². The number of nitrogens with one attached hydrogen (secondary N) is 1. The number of hydrogen-bond donors (Lipinski definition) is 1. The number of rotatable bonds is 3. The van der Waals surface area contributed by atoms with E-state index in [4.69, 9.17) is 0 Å². The van der Waals surface area contributed by atoms with Gasteiger partial charge in [-0.15, -0.1) is 0 Å². The second-order valence-corrected chi connectivity index (χ2v) is 9.24. The molecule has 5 nitrogen and oxygen atoms in total. The minimum absolute atomic E-state index is 0.114. The van der Waals surface area contributed by atoms with Crippen LogP contribution in [0.25, 0.3) is 0 Å². The third-order valence-electron chi connectivity index (χ3n) is 4.58. The fourth-order valence-electron chi connectivity index (χ4n) is 3.24. The summed E-state index contributed by atoms with van der Waals surface area (Å²) in [7, 11) is -1.05. The molecule has 0 aromatic heterocycles. The Bertz CT molecular complexity index is 473. The van der Waals surface area contributed by atoms with Gasteiger partial charge in [-0.1, -0.05) is 13.8 Å². The maximum absolute atomic E-state index is 12.5. The number of amides is 1. The van der Waals surface area contributed by atoms with E-state index in [2.05, 4.69) is 19.2 Å². The normalized spacial score (nSPS) is 33.1. The van der Waals surface area contributed by atoms with Crippen LogP contribution in [0.1, 0.15) is 33.1 Å². The summed E-state index contributed by atoms with van der Waals surface area (Å²) in [4.78, 5) is 14.4. The van der Waals surface area contributed by atoms with Crippen LogP contribution in [0.3, 0.4) is 0 Å². The van der Waals surface area contributed by atoms with Crippen molar-refractivity contribution in [1.82, 2.24) is 10.2 Å². The zero-order valence-corrected chi connectivity index (χ0v) is 13.5. The van der Waals surface area contributed by atoms with Crippen molar-refractivity contribution in [2.75, 3.05) is 31.6 Å². The van der Waals surface area contributed by atoms with Gasteiger partial charge in [0.25, 0.3) is 0 Å². The first kappa shape index (κ1) is 15.8. The van der Waals surface area contributed by atoms with Crippen LogP contribution in [0.15, 0.2) is 0 Å². The van der Waals surface area contributed by atoms with Crippen LogP contribution in [-0.2, 0) is 14.6 Å². The highest BCUT2D eigenvalue weighted by molar-refractivity contribution is 7.91. The summed E-state index contributed by atoms with van der Waals surface area (Å²) in [6.07, 6.45) is 2.50. The van der Waals surface area contributed by atoms with E-state index in [1.165, 1.54) is 0 Å². The number of sulfone groups is 1. The minimum atomic E-state index is -2.87. The molecule has 2 saturated heterocycles. The Kier molecular flexibility index (Phi) is 4.44. The van der Waals surface area contributed by atoms with Gasteiger partial charge in [-0.3, -0.25) is 4.79 Å². The number of carbonyl (C=O) groups excluding carboxylic acids is 1. The molecule has 0 aromatic carbocycles. The number of likely N-dealkylation sites (N-methyl/N-ethyl adjacent to an activating group) is 1. The van der Waals surface area contributed by atoms with E-state index in [0.29, 0.717) is 13.0 Å². The predicted molar refractivity (Wildman–Crippen MR) is 79.2 cm³/mol. The van der Waals surface area contributed by atoms with Crippen molar-refractivity contribution in [3.8, 4) is 0 Å². The molecule has 2 aliphatic rings. The molecule has 0 spiro atoms. The molecule has 6 heteroatoms. The summed E-state index contributed by atoms with van der Waals surface area (Å²) in [6.45, 7) is 5.70. The van der Waals surface area contributed by atoms with E-state index < -0.39 is 9.84 Å². The summed E-state index contributed by atoms with van der Waals surface area (Å²) in [5, 5.41) is 3.11. The van der Waals surface area contributed by atoms with E-state index in [-0.39, 0.29) is 34.8 Å².